The van der Waals surface area contributed by atoms with Crippen molar-refractivity contribution in [1.82, 2.24) is 9.97 Å². The smallest absolute Gasteiger partial charge is 0.331 e. The van der Waals surface area contributed by atoms with Crippen molar-refractivity contribution < 1.29 is 14.3 Å². The molecule has 0 aliphatic rings. The van der Waals surface area contributed by atoms with Gasteiger partial charge in [-0.15, -0.1) is 11.3 Å². The van der Waals surface area contributed by atoms with Crippen LogP contribution in [0.2, 0.25) is 0 Å². The third kappa shape index (κ3) is 5.24. The van der Waals surface area contributed by atoms with Crippen LogP contribution >= 0.6 is 11.3 Å². The van der Waals surface area contributed by atoms with Crippen molar-refractivity contribution in [3.05, 3.63) is 82.1 Å². The van der Waals surface area contributed by atoms with E-state index in [1.165, 1.54) is 17.4 Å². The number of carbonyl (C=O) groups excluding carboxylic acids is 1. The lowest BCUT2D eigenvalue weighted by Gasteiger charge is -2.09. The Kier molecular flexibility index (Phi) is 6.33. The quantitative estimate of drug-likeness (QED) is 0.448. The molecule has 0 unspecified atom stereocenters. The molecule has 0 fully saturated rings. The molecule has 0 aliphatic heterocycles. The number of pyridine rings is 1. The van der Waals surface area contributed by atoms with E-state index in [-0.39, 0.29) is 0 Å². The van der Waals surface area contributed by atoms with Gasteiger partial charge in [0.1, 0.15) is 17.4 Å². The highest BCUT2D eigenvalue weighted by molar-refractivity contribution is 7.12. The number of esters is 1. The van der Waals surface area contributed by atoms with E-state index in [9.17, 15) is 4.79 Å². The molecular weight excluding hydrogens is 360 g/mol. The highest BCUT2D eigenvalue weighted by atomic mass is 32.1. The van der Waals surface area contributed by atoms with E-state index >= 15 is 0 Å². The second-order valence-electron chi connectivity index (χ2n) is 5.77. The molecule has 0 radical (unpaired) electrons. The summed E-state index contributed by atoms with van der Waals surface area (Å²) >= 11 is 1.51. The van der Waals surface area contributed by atoms with Crippen molar-refractivity contribution in [3.8, 4) is 5.75 Å². The van der Waals surface area contributed by atoms with Crippen LogP contribution in [0.25, 0.3) is 5.57 Å². The van der Waals surface area contributed by atoms with Crippen LogP contribution in [0, 0.1) is 6.92 Å². The predicted octanol–water partition coefficient (Wildman–Crippen LogP) is 4.42. The summed E-state index contributed by atoms with van der Waals surface area (Å²) in [6.45, 7) is 4.51. The van der Waals surface area contributed by atoms with Gasteiger partial charge in [0.25, 0.3) is 0 Å². The molecule has 2 heterocycles. The number of thiazole rings is 1. The first-order valence-electron chi connectivity index (χ1n) is 8.59. The summed E-state index contributed by atoms with van der Waals surface area (Å²) in [5.74, 6) is 0.218. The number of ether oxygens (including phenoxy) is 2. The number of hydrogen-bond donors (Lipinski definition) is 0. The molecule has 3 aromatic rings. The minimum Gasteiger partial charge on any atom is -0.487 e. The molecule has 0 amide bonds. The van der Waals surface area contributed by atoms with Gasteiger partial charge < -0.3 is 9.47 Å². The first-order chi connectivity index (χ1) is 13.2. The van der Waals surface area contributed by atoms with Gasteiger partial charge in [0.05, 0.1) is 12.8 Å². The van der Waals surface area contributed by atoms with E-state index in [0.717, 1.165) is 21.0 Å². The maximum atomic E-state index is 12.0. The Morgan fingerprint density at radius 1 is 1.19 bits per heavy atom. The van der Waals surface area contributed by atoms with Gasteiger partial charge in [0.15, 0.2) is 0 Å². The summed E-state index contributed by atoms with van der Waals surface area (Å²) in [6, 6.07) is 11.8. The van der Waals surface area contributed by atoms with Crippen molar-refractivity contribution in [1.29, 1.82) is 0 Å². The number of aryl methyl sites for hydroxylation is 1. The standard InChI is InChI=1S/C21H20N2O3S/c1-3-25-20(24)10-19(21-23-11-15(2)27-21)17-9-18(13-22-12-17)26-14-16-7-5-4-6-8-16/h4-13H,3,14H2,1-2H3. The largest absolute Gasteiger partial charge is 0.487 e. The van der Waals surface area contributed by atoms with Gasteiger partial charge in [-0.05, 0) is 25.5 Å². The van der Waals surface area contributed by atoms with E-state index in [2.05, 4.69) is 9.97 Å². The number of hydrogen-bond acceptors (Lipinski definition) is 6. The van der Waals surface area contributed by atoms with Crippen LogP contribution in [0.5, 0.6) is 5.75 Å². The first kappa shape index (κ1) is 18.8. The Balaban J connectivity index is 1.87. The molecule has 2 aromatic heterocycles. The highest BCUT2D eigenvalue weighted by Gasteiger charge is 2.13. The minimum absolute atomic E-state index is 0.317. The number of benzene rings is 1. The van der Waals surface area contributed by atoms with Crippen molar-refractivity contribution >= 4 is 22.9 Å². The fourth-order valence-corrected chi connectivity index (χ4v) is 3.24. The molecule has 0 spiro atoms. The van der Waals surface area contributed by atoms with Crippen molar-refractivity contribution in [2.45, 2.75) is 20.5 Å². The molecule has 0 bridgehead atoms. The lowest BCUT2D eigenvalue weighted by molar-refractivity contribution is -0.137. The predicted molar refractivity (Wildman–Crippen MR) is 106 cm³/mol. The van der Waals surface area contributed by atoms with Crippen LogP contribution in [0.15, 0.2) is 61.1 Å². The molecule has 1 aromatic carbocycles. The topological polar surface area (TPSA) is 61.3 Å². The average Bonchev–Trinajstić information content (AvgIpc) is 3.12. The Labute approximate surface area is 162 Å². The van der Waals surface area contributed by atoms with E-state index in [1.807, 2.05) is 43.3 Å². The van der Waals surface area contributed by atoms with Gasteiger partial charge in [-0.2, -0.15) is 0 Å². The molecule has 6 heteroatoms. The fraction of sp³-hybridized carbons (Fsp3) is 0.190. The van der Waals surface area contributed by atoms with Crippen LogP contribution in [0.4, 0.5) is 0 Å². The highest BCUT2D eigenvalue weighted by Crippen LogP contribution is 2.29. The van der Waals surface area contributed by atoms with Crippen LogP contribution in [-0.4, -0.2) is 22.5 Å². The summed E-state index contributed by atoms with van der Waals surface area (Å²) in [5, 5.41) is 0.738. The van der Waals surface area contributed by atoms with Crippen LogP contribution in [0.3, 0.4) is 0 Å². The minimum atomic E-state index is -0.407. The monoisotopic (exact) mass is 380 g/mol. The third-order valence-corrected chi connectivity index (χ3v) is 4.62. The van der Waals surface area contributed by atoms with E-state index in [4.69, 9.17) is 9.47 Å². The van der Waals surface area contributed by atoms with Gasteiger partial charge in [-0.25, -0.2) is 9.78 Å². The first-order valence-corrected chi connectivity index (χ1v) is 9.40. The zero-order chi connectivity index (χ0) is 19.1. The number of carbonyl (C=O) groups is 1. The van der Waals surface area contributed by atoms with Crippen LogP contribution < -0.4 is 4.74 Å². The van der Waals surface area contributed by atoms with Crippen molar-refractivity contribution in [2.24, 2.45) is 0 Å². The normalized spacial score (nSPS) is 11.3. The van der Waals surface area contributed by atoms with Crippen LogP contribution in [-0.2, 0) is 16.1 Å². The Bertz CT molecular complexity index is 935. The summed E-state index contributed by atoms with van der Waals surface area (Å²) < 4.78 is 10.9. The average molecular weight is 380 g/mol. The summed E-state index contributed by atoms with van der Waals surface area (Å²) in [4.78, 5) is 21.8. The zero-order valence-corrected chi connectivity index (χ0v) is 16.0. The molecule has 27 heavy (non-hydrogen) atoms. The second-order valence-corrected chi connectivity index (χ2v) is 7.00. The summed E-state index contributed by atoms with van der Waals surface area (Å²) in [6.07, 6.45) is 6.58. The second kappa shape index (κ2) is 9.09. The van der Waals surface area contributed by atoms with Gasteiger partial charge in [0.2, 0.25) is 0 Å². The molecule has 0 aliphatic carbocycles. The number of aromatic nitrogens is 2. The Morgan fingerprint density at radius 2 is 2.00 bits per heavy atom. The van der Waals surface area contributed by atoms with E-state index in [0.29, 0.717) is 24.5 Å². The number of rotatable bonds is 7. The lowest BCUT2D eigenvalue weighted by atomic mass is 10.1. The fourth-order valence-electron chi connectivity index (χ4n) is 2.44. The molecule has 5 nitrogen and oxygen atoms in total. The SMILES string of the molecule is CCOC(=O)C=C(c1cncc(OCc2ccccc2)c1)c1ncc(C)s1. The molecule has 0 N–H and O–H groups in total. The maximum absolute atomic E-state index is 12.0. The molecule has 138 valence electrons. The van der Waals surface area contributed by atoms with E-state index in [1.54, 1.807) is 25.5 Å². The molecule has 0 saturated heterocycles. The zero-order valence-electron chi connectivity index (χ0n) is 15.2. The Morgan fingerprint density at radius 3 is 2.70 bits per heavy atom. The van der Waals surface area contributed by atoms with Gasteiger partial charge >= 0.3 is 5.97 Å². The summed E-state index contributed by atoms with van der Waals surface area (Å²) in [5.41, 5.74) is 2.49. The van der Waals surface area contributed by atoms with Crippen molar-refractivity contribution in [2.75, 3.05) is 6.61 Å². The number of nitrogens with zero attached hydrogens (tertiary/aromatic N) is 2. The molecule has 3 rings (SSSR count). The van der Waals surface area contributed by atoms with Crippen LogP contribution in [0.1, 0.15) is 27.9 Å². The maximum Gasteiger partial charge on any atom is 0.331 e. The van der Waals surface area contributed by atoms with Gasteiger partial charge in [0, 0.05) is 34.5 Å². The summed E-state index contributed by atoms with van der Waals surface area (Å²) in [7, 11) is 0. The van der Waals surface area contributed by atoms with E-state index < -0.39 is 5.97 Å². The van der Waals surface area contributed by atoms with Crippen molar-refractivity contribution in [3.63, 3.8) is 0 Å². The third-order valence-electron chi connectivity index (χ3n) is 3.67. The Hall–Kier alpha value is -2.99. The molecular formula is C21H20N2O3S. The molecule has 0 saturated carbocycles. The van der Waals surface area contributed by atoms with Gasteiger partial charge in [-0.1, -0.05) is 30.3 Å². The van der Waals surface area contributed by atoms with Gasteiger partial charge in [-0.3, -0.25) is 4.98 Å². The lowest BCUT2D eigenvalue weighted by Crippen LogP contribution is -2.02. The molecule has 0 atom stereocenters.